The zero-order valence-electron chi connectivity index (χ0n) is 42.1. The van der Waals surface area contributed by atoms with Gasteiger partial charge in [0.2, 0.25) is 0 Å². The molecular weight excluding hydrogens is 881 g/mol. The molecule has 2 aromatic rings. The lowest BCUT2D eigenvalue weighted by Crippen LogP contribution is -2.49. The van der Waals surface area contributed by atoms with Crippen LogP contribution in [-0.4, -0.2) is 116 Å². The fourth-order valence-electron chi connectivity index (χ4n) is 9.85. The number of hydrogen-bond acceptors (Lipinski definition) is 12. The second-order valence-electron chi connectivity index (χ2n) is 20.4. The van der Waals surface area contributed by atoms with Crippen LogP contribution in [0.1, 0.15) is 163 Å². The molecule has 69 heavy (non-hydrogen) atoms. The van der Waals surface area contributed by atoms with E-state index in [1.807, 2.05) is 13.8 Å². The molecule has 6 rings (SSSR count). The van der Waals surface area contributed by atoms with Crippen LogP contribution in [0.2, 0.25) is 0 Å². The molecule has 2 amide bonds. The van der Waals surface area contributed by atoms with E-state index in [1.165, 1.54) is 39.3 Å². The summed E-state index contributed by atoms with van der Waals surface area (Å²) in [4.78, 5) is 45.4. The van der Waals surface area contributed by atoms with Gasteiger partial charge in [-0.2, -0.15) is 0 Å². The SMILES string of the molecule is CC(C)=CCC/C(C)=C/CC[C@@]1(C)Oc2c(c(O)cc3c2CN(CCC[C@@H](C(=O)OCCOCCO)N2Cc4c(cc(O)c5c4O[C@](C)(CC/C=C(\C)CCC=C(C)C)[C@@H](O)C5)C2=O)C3=O)C[C@@H]1O. The molecule has 4 aliphatic rings. The lowest BCUT2D eigenvalue weighted by Gasteiger charge is -2.41. The number of fused-ring (bicyclic) bond motifs is 6. The largest absolute Gasteiger partial charge is 0.508 e. The van der Waals surface area contributed by atoms with Crippen molar-refractivity contribution in [3.05, 3.63) is 92.1 Å². The number of carbonyl (C=O) groups excluding carboxylic acids is 3. The van der Waals surface area contributed by atoms with Crippen molar-refractivity contribution in [3.8, 4) is 23.0 Å². The van der Waals surface area contributed by atoms with Crippen molar-refractivity contribution >= 4 is 17.8 Å². The van der Waals surface area contributed by atoms with Gasteiger partial charge in [-0.05, 0) is 132 Å². The first-order valence-electron chi connectivity index (χ1n) is 24.8. The van der Waals surface area contributed by atoms with E-state index in [0.29, 0.717) is 65.0 Å². The predicted octanol–water partition coefficient (Wildman–Crippen LogP) is 8.47. The molecule has 2 aromatic carbocycles. The van der Waals surface area contributed by atoms with Crippen molar-refractivity contribution in [1.82, 2.24) is 9.80 Å². The van der Waals surface area contributed by atoms with Crippen molar-refractivity contribution in [2.24, 2.45) is 0 Å². The molecule has 5 N–H and O–H groups in total. The maximum Gasteiger partial charge on any atom is 0.328 e. The topological polar surface area (TPSA) is 196 Å². The van der Waals surface area contributed by atoms with Gasteiger partial charge >= 0.3 is 5.97 Å². The molecule has 4 aliphatic heterocycles. The maximum absolute atomic E-state index is 14.3. The second-order valence-corrected chi connectivity index (χ2v) is 20.4. The van der Waals surface area contributed by atoms with Gasteiger partial charge in [0.15, 0.2) is 0 Å². The van der Waals surface area contributed by atoms with Crippen LogP contribution in [0, 0.1) is 0 Å². The third-order valence-corrected chi connectivity index (χ3v) is 14.2. The third kappa shape index (κ3) is 12.6. The predicted molar refractivity (Wildman–Crippen MR) is 264 cm³/mol. The number of aliphatic hydroxyl groups is 3. The van der Waals surface area contributed by atoms with Gasteiger partial charge in [-0.1, -0.05) is 46.6 Å². The Labute approximate surface area is 408 Å². The van der Waals surface area contributed by atoms with Gasteiger partial charge in [-0.3, -0.25) is 9.59 Å². The van der Waals surface area contributed by atoms with Crippen LogP contribution < -0.4 is 9.47 Å². The van der Waals surface area contributed by atoms with Crippen LogP contribution in [0.5, 0.6) is 23.0 Å². The molecule has 0 bridgehead atoms. The highest BCUT2D eigenvalue weighted by molar-refractivity contribution is 6.02. The van der Waals surface area contributed by atoms with Gasteiger partial charge in [-0.25, -0.2) is 4.79 Å². The monoisotopic (exact) mass is 957 g/mol. The molecule has 0 aliphatic carbocycles. The van der Waals surface area contributed by atoms with Crippen LogP contribution in [0.15, 0.2) is 58.7 Å². The standard InChI is InChI=1S/C55H76N2O12/c1-34(2)14-9-16-36(5)18-11-21-54(7)47(61)30-40-45(59)28-38-42(49(40)68-54)32-56(51(38)63)23-13-20-44(53(65)67-27-26-66-25-24-58)57-33-43-39(52(57)64)29-46(60)41-31-48(62)55(8,69-50(41)43)22-12-19-37(6)17-10-15-35(3)4/h14-15,18-19,28-29,44,47-48,58-62H,9-13,16-17,20-27,30-33H2,1-8H3/b36-18+,37-19+/t44-,47-,48-,54+,55+/m0/s1. The minimum Gasteiger partial charge on any atom is -0.508 e. The number of benzene rings is 2. The quantitative estimate of drug-likeness (QED) is 0.0406. The van der Waals surface area contributed by atoms with Crippen LogP contribution >= 0.6 is 0 Å². The summed E-state index contributed by atoms with van der Waals surface area (Å²) in [6.07, 6.45) is 13.8. The zero-order valence-corrected chi connectivity index (χ0v) is 42.1. The first-order valence-corrected chi connectivity index (χ1v) is 24.8. The molecule has 0 radical (unpaired) electrons. The van der Waals surface area contributed by atoms with Crippen molar-refractivity contribution in [3.63, 3.8) is 0 Å². The van der Waals surface area contributed by atoms with Crippen LogP contribution in [-0.2, 0) is 40.2 Å². The molecule has 0 saturated carbocycles. The first-order chi connectivity index (χ1) is 32.8. The summed E-state index contributed by atoms with van der Waals surface area (Å²) in [6, 6.07) is 1.74. The Hall–Kier alpha value is -5.15. The fraction of sp³-hybridized carbons (Fsp3) is 0.582. The highest BCUT2D eigenvalue weighted by Gasteiger charge is 2.47. The Bertz CT molecular complexity index is 2340. The molecule has 0 saturated heterocycles. The number of rotatable bonds is 23. The molecule has 4 heterocycles. The number of phenolic OH excluding ortho intramolecular Hbond substituents is 2. The normalized spacial score (nSPS) is 22.3. The third-order valence-electron chi connectivity index (χ3n) is 14.2. The fourth-order valence-corrected chi connectivity index (χ4v) is 9.85. The molecule has 0 unspecified atom stereocenters. The number of nitrogens with zero attached hydrogens (tertiary/aromatic N) is 2. The van der Waals surface area contributed by atoms with Crippen molar-refractivity contribution in [2.75, 3.05) is 33.0 Å². The van der Waals surface area contributed by atoms with Gasteiger partial charge in [0.05, 0.1) is 56.2 Å². The number of phenols is 2. The summed E-state index contributed by atoms with van der Waals surface area (Å²) in [5.41, 5.74) is 5.60. The molecule has 5 atom stereocenters. The Morgan fingerprint density at radius 3 is 1.74 bits per heavy atom. The van der Waals surface area contributed by atoms with E-state index in [0.717, 1.165) is 25.7 Å². The zero-order chi connectivity index (χ0) is 50.2. The molecular formula is C55H76N2O12. The van der Waals surface area contributed by atoms with E-state index in [1.54, 1.807) is 4.90 Å². The number of esters is 1. The van der Waals surface area contributed by atoms with E-state index < -0.39 is 41.3 Å². The van der Waals surface area contributed by atoms with Gasteiger partial charge in [0.25, 0.3) is 11.8 Å². The summed E-state index contributed by atoms with van der Waals surface area (Å²) >= 11 is 0. The van der Waals surface area contributed by atoms with E-state index in [2.05, 4.69) is 65.8 Å². The molecule has 14 heteroatoms. The molecule has 378 valence electrons. The summed E-state index contributed by atoms with van der Waals surface area (Å²) in [5, 5.41) is 54.2. The number of ether oxygens (including phenoxy) is 4. The Morgan fingerprint density at radius 1 is 0.725 bits per heavy atom. The number of aliphatic hydroxyl groups excluding tert-OH is 3. The van der Waals surface area contributed by atoms with E-state index in [-0.39, 0.29) is 94.7 Å². The van der Waals surface area contributed by atoms with E-state index >= 15 is 0 Å². The average molecular weight is 957 g/mol. The average Bonchev–Trinajstić information content (AvgIpc) is 3.77. The maximum atomic E-state index is 14.3. The van der Waals surface area contributed by atoms with E-state index in [9.17, 15) is 34.8 Å². The number of carbonyl (C=O) groups is 3. The van der Waals surface area contributed by atoms with Crippen molar-refractivity contribution < 1.29 is 58.9 Å². The first kappa shape index (κ1) is 53.2. The van der Waals surface area contributed by atoms with Gasteiger partial charge in [0, 0.05) is 41.6 Å². The number of amides is 2. The number of aromatic hydroxyl groups is 2. The lowest BCUT2D eigenvalue weighted by atomic mass is 9.84. The highest BCUT2D eigenvalue weighted by Crippen LogP contribution is 2.48. The Kier molecular flexibility index (Phi) is 17.9. The van der Waals surface area contributed by atoms with Gasteiger partial charge in [-0.15, -0.1) is 0 Å². The summed E-state index contributed by atoms with van der Waals surface area (Å²) < 4.78 is 24.2. The Morgan fingerprint density at radius 2 is 1.23 bits per heavy atom. The molecule has 0 fully saturated rings. The number of allylic oxidation sites excluding steroid dienone is 8. The van der Waals surface area contributed by atoms with Crippen LogP contribution in [0.3, 0.4) is 0 Å². The van der Waals surface area contributed by atoms with Crippen LogP contribution in [0.25, 0.3) is 0 Å². The molecule has 0 aromatic heterocycles. The molecule has 14 nitrogen and oxygen atoms in total. The Balaban J connectivity index is 1.16. The lowest BCUT2D eigenvalue weighted by molar-refractivity contribution is -0.151. The second kappa shape index (κ2) is 23.2. The van der Waals surface area contributed by atoms with Gasteiger partial charge < -0.3 is 54.3 Å². The minimum absolute atomic E-state index is 0.0141. The summed E-state index contributed by atoms with van der Waals surface area (Å²) in [5.74, 6) is -1.00. The van der Waals surface area contributed by atoms with Crippen molar-refractivity contribution in [2.45, 2.75) is 175 Å². The van der Waals surface area contributed by atoms with E-state index in [4.69, 9.17) is 24.1 Å². The van der Waals surface area contributed by atoms with Gasteiger partial charge in [0.1, 0.15) is 46.8 Å². The highest BCUT2D eigenvalue weighted by atomic mass is 16.6. The summed E-state index contributed by atoms with van der Waals surface area (Å²) in [7, 11) is 0. The number of hydrogen-bond donors (Lipinski definition) is 5. The minimum atomic E-state index is -1.09. The summed E-state index contributed by atoms with van der Waals surface area (Å²) in [6.45, 7) is 16.4. The smallest absolute Gasteiger partial charge is 0.328 e. The van der Waals surface area contributed by atoms with Crippen LogP contribution in [0.4, 0.5) is 0 Å². The van der Waals surface area contributed by atoms with Crippen molar-refractivity contribution in [1.29, 1.82) is 0 Å². The molecule has 0 spiro atoms.